The number of nitrogens with one attached hydrogen (secondary N) is 2. The maximum atomic E-state index is 11.4. The molecule has 0 saturated carbocycles. The zero-order valence-corrected chi connectivity index (χ0v) is 10.3. The second kappa shape index (κ2) is 5.79. The molecule has 1 heterocycles. The van der Waals surface area contributed by atoms with Crippen molar-refractivity contribution in [3.8, 4) is 0 Å². The zero-order valence-electron chi connectivity index (χ0n) is 9.49. The molecule has 1 rings (SSSR count). The molecule has 5 nitrogen and oxygen atoms in total. The summed E-state index contributed by atoms with van der Waals surface area (Å²) in [6, 6.07) is 0. The Labute approximate surface area is 92.4 Å². The zero-order chi connectivity index (χ0) is 11.3. The summed E-state index contributed by atoms with van der Waals surface area (Å²) in [4.78, 5) is 0. The second-order valence-electron chi connectivity index (χ2n) is 4.01. The molecule has 15 heavy (non-hydrogen) atoms. The summed E-state index contributed by atoms with van der Waals surface area (Å²) in [7, 11) is -0.173. The smallest absolute Gasteiger partial charge is 0.278 e. The van der Waals surface area contributed by atoms with Gasteiger partial charge in [-0.15, -0.1) is 0 Å². The van der Waals surface area contributed by atoms with E-state index in [9.17, 15) is 8.42 Å². The summed E-state index contributed by atoms with van der Waals surface area (Å²) in [6.45, 7) is 2.73. The number of nitrogens with zero attached hydrogens (tertiary/aromatic N) is 1. The van der Waals surface area contributed by atoms with Gasteiger partial charge in [-0.3, -0.25) is 0 Å². The molecule has 0 aromatic heterocycles. The Balaban J connectivity index is 2.30. The summed E-state index contributed by atoms with van der Waals surface area (Å²) in [5.41, 5.74) is 0. The molecule has 0 unspecified atom stereocenters. The van der Waals surface area contributed by atoms with E-state index in [1.54, 1.807) is 7.05 Å². The van der Waals surface area contributed by atoms with Crippen molar-refractivity contribution in [2.45, 2.75) is 19.3 Å². The van der Waals surface area contributed by atoms with E-state index >= 15 is 0 Å². The highest BCUT2D eigenvalue weighted by molar-refractivity contribution is 7.87. The van der Waals surface area contributed by atoms with E-state index in [2.05, 4.69) is 10.0 Å². The van der Waals surface area contributed by atoms with E-state index in [-0.39, 0.29) is 0 Å². The Kier molecular flexibility index (Phi) is 4.98. The molecule has 1 aliphatic rings. The summed E-state index contributed by atoms with van der Waals surface area (Å²) >= 11 is 0. The van der Waals surface area contributed by atoms with Gasteiger partial charge in [0, 0.05) is 20.6 Å². The molecule has 0 aliphatic carbocycles. The third kappa shape index (κ3) is 4.06. The first kappa shape index (κ1) is 12.9. The lowest BCUT2D eigenvalue weighted by molar-refractivity contribution is 0.325. The minimum absolute atomic E-state index is 0.605. The fraction of sp³-hybridized carbons (Fsp3) is 1.00. The standard InChI is InChI=1S/C9H21N3O2S/c1-10-15(13,14)12(2)8-5-9-3-6-11-7-4-9/h9-11H,3-8H2,1-2H3. The Bertz CT molecular complexity index is 273. The topological polar surface area (TPSA) is 61.4 Å². The normalized spacial score (nSPS) is 19.7. The molecule has 90 valence electrons. The lowest BCUT2D eigenvalue weighted by Gasteiger charge is -2.24. The molecule has 0 bridgehead atoms. The van der Waals surface area contributed by atoms with Crippen molar-refractivity contribution < 1.29 is 8.42 Å². The highest BCUT2D eigenvalue weighted by Gasteiger charge is 2.18. The van der Waals surface area contributed by atoms with E-state index in [4.69, 9.17) is 0 Å². The quantitative estimate of drug-likeness (QED) is 0.692. The van der Waals surface area contributed by atoms with Crippen LogP contribution in [0.1, 0.15) is 19.3 Å². The molecule has 1 fully saturated rings. The molecule has 0 aromatic carbocycles. The van der Waals surface area contributed by atoms with Crippen LogP contribution in [0.3, 0.4) is 0 Å². The summed E-state index contributed by atoms with van der Waals surface area (Å²) in [5.74, 6) is 0.667. The number of rotatable bonds is 5. The van der Waals surface area contributed by atoms with Crippen LogP contribution in [0.5, 0.6) is 0 Å². The van der Waals surface area contributed by atoms with Gasteiger partial charge in [0.15, 0.2) is 0 Å². The molecule has 6 heteroatoms. The van der Waals surface area contributed by atoms with Gasteiger partial charge < -0.3 is 5.32 Å². The number of hydrogen-bond donors (Lipinski definition) is 2. The van der Waals surface area contributed by atoms with Gasteiger partial charge in [-0.25, -0.2) is 4.72 Å². The largest absolute Gasteiger partial charge is 0.317 e. The van der Waals surface area contributed by atoms with Crippen LogP contribution in [-0.2, 0) is 10.2 Å². The van der Waals surface area contributed by atoms with E-state index in [1.807, 2.05) is 0 Å². The highest BCUT2D eigenvalue weighted by Crippen LogP contribution is 2.16. The van der Waals surface area contributed by atoms with E-state index in [0.29, 0.717) is 12.5 Å². The molecule has 1 aliphatic heterocycles. The van der Waals surface area contributed by atoms with Crippen molar-refractivity contribution in [3.63, 3.8) is 0 Å². The van der Waals surface area contributed by atoms with Crippen LogP contribution in [0.15, 0.2) is 0 Å². The first-order valence-electron chi connectivity index (χ1n) is 5.42. The Morgan fingerprint density at radius 1 is 1.40 bits per heavy atom. The Morgan fingerprint density at radius 2 is 2.00 bits per heavy atom. The maximum absolute atomic E-state index is 11.4. The van der Waals surface area contributed by atoms with Crippen LogP contribution in [0.25, 0.3) is 0 Å². The molecule has 2 N–H and O–H groups in total. The second-order valence-corrected chi connectivity index (χ2v) is 5.99. The van der Waals surface area contributed by atoms with Crippen molar-refractivity contribution in [2.75, 3.05) is 33.7 Å². The van der Waals surface area contributed by atoms with E-state index in [0.717, 1.165) is 32.4 Å². The highest BCUT2D eigenvalue weighted by atomic mass is 32.2. The van der Waals surface area contributed by atoms with Gasteiger partial charge in [0.25, 0.3) is 10.2 Å². The van der Waals surface area contributed by atoms with Crippen LogP contribution < -0.4 is 10.0 Å². The van der Waals surface area contributed by atoms with Crippen LogP contribution in [-0.4, -0.2) is 46.5 Å². The summed E-state index contributed by atoms with van der Waals surface area (Å²) in [6.07, 6.45) is 3.28. The van der Waals surface area contributed by atoms with Crippen LogP contribution >= 0.6 is 0 Å². The van der Waals surface area contributed by atoms with Crippen molar-refractivity contribution in [1.82, 2.24) is 14.3 Å². The first-order valence-corrected chi connectivity index (χ1v) is 6.86. The minimum Gasteiger partial charge on any atom is -0.317 e. The van der Waals surface area contributed by atoms with Crippen LogP contribution in [0.4, 0.5) is 0 Å². The Morgan fingerprint density at radius 3 is 2.53 bits per heavy atom. The Hall–Kier alpha value is -0.170. The fourth-order valence-electron chi connectivity index (χ4n) is 1.81. The van der Waals surface area contributed by atoms with Gasteiger partial charge in [0.1, 0.15) is 0 Å². The minimum atomic E-state index is -3.23. The average molecular weight is 235 g/mol. The maximum Gasteiger partial charge on any atom is 0.278 e. The van der Waals surface area contributed by atoms with Gasteiger partial charge in [-0.2, -0.15) is 12.7 Å². The third-order valence-electron chi connectivity index (χ3n) is 2.98. The number of piperidine rings is 1. The molecule has 0 radical (unpaired) electrons. The summed E-state index contributed by atoms with van der Waals surface area (Å²) < 4.78 is 26.4. The van der Waals surface area contributed by atoms with E-state index in [1.165, 1.54) is 11.4 Å². The third-order valence-corrected chi connectivity index (χ3v) is 4.50. The molecule has 0 atom stereocenters. The molecular weight excluding hydrogens is 214 g/mol. The predicted molar refractivity (Wildman–Crippen MR) is 60.8 cm³/mol. The van der Waals surface area contributed by atoms with Gasteiger partial charge >= 0.3 is 0 Å². The fourth-order valence-corrected chi connectivity index (χ4v) is 2.47. The molecular formula is C9H21N3O2S. The lowest BCUT2D eigenvalue weighted by atomic mass is 9.95. The van der Waals surface area contributed by atoms with Crippen LogP contribution in [0, 0.1) is 5.92 Å². The molecule has 0 amide bonds. The van der Waals surface area contributed by atoms with Gasteiger partial charge in [-0.1, -0.05) is 0 Å². The van der Waals surface area contributed by atoms with Crippen molar-refractivity contribution in [1.29, 1.82) is 0 Å². The predicted octanol–water partition coefficient (Wildman–Crippen LogP) is -0.228. The first-order chi connectivity index (χ1) is 7.06. The lowest BCUT2D eigenvalue weighted by Crippen LogP contribution is -2.38. The van der Waals surface area contributed by atoms with Crippen molar-refractivity contribution >= 4 is 10.2 Å². The molecule has 0 aromatic rings. The van der Waals surface area contributed by atoms with Crippen molar-refractivity contribution in [3.05, 3.63) is 0 Å². The van der Waals surface area contributed by atoms with Gasteiger partial charge in [-0.05, 0) is 38.3 Å². The SMILES string of the molecule is CNS(=O)(=O)N(C)CCC1CCNCC1. The average Bonchev–Trinajstić information content (AvgIpc) is 2.27. The monoisotopic (exact) mass is 235 g/mol. The van der Waals surface area contributed by atoms with Gasteiger partial charge in [0.2, 0.25) is 0 Å². The van der Waals surface area contributed by atoms with Crippen molar-refractivity contribution in [2.24, 2.45) is 5.92 Å². The number of hydrogen-bond acceptors (Lipinski definition) is 3. The molecule has 0 spiro atoms. The van der Waals surface area contributed by atoms with Crippen LogP contribution in [0.2, 0.25) is 0 Å². The van der Waals surface area contributed by atoms with E-state index < -0.39 is 10.2 Å². The summed E-state index contributed by atoms with van der Waals surface area (Å²) in [5, 5.41) is 3.30. The van der Waals surface area contributed by atoms with Gasteiger partial charge in [0.05, 0.1) is 0 Å². The molecule has 1 saturated heterocycles.